The van der Waals surface area contributed by atoms with E-state index in [0.717, 1.165) is 23.8 Å². The minimum Gasteiger partial charge on any atom is -0.452 e. The van der Waals surface area contributed by atoms with Crippen molar-refractivity contribution in [2.75, 3.05) is 18.5 Å². The van der Waals surface area contributed by atoms with E-state index in [2.05, 4.69) is 10.6 Å². The molecule has 0 bridgehead atoms. The number of hydrogen-bond acceptors (Lipinski definition) is 4. The van der Waals surface area contributed by atoms with Gasteiger partial charge in [-0.25, -0.2) is 4.79 Å². The second-order valence-electron chi connectivity index (χ2n) is 5.99. The van der Waals surface area contributed by atoms with Crippen LogP contribution in [0.25, 0.3) is 0 Å². The van der Waals surface area contributed by atoms with E-state index in [4.69, 9.17) is 4.74 Å². The number of halogens is 3. The van der Waals surface area contributed by atoms with Crippen LogP contribution < -0.4 is 10.6 Å². The second-order valence-corrected chi connectivity index (χ2v) is 5.99. The summed E-state index contributed by atoms with van der Waals surface area (Å²) >= 11 is 0. The lowest BCUT2D eigenvalue weighted by molar-refractivity contribution is -0.137. The predicted octanol–water partition coefficient (Wildman–Crippen LogP) is 3.18. The van der Waals surface area contributed by atoms with Crippen LogP contribution in [0.3, 0.4) is 0 Å². The number of esters is 1. The van der Waals surface area contributed by atoms with Gasteiger partial charge in [0.25, 0.3) is 5.91 Å². The number of amides is 2. The maximum absolute atomic E-state index is 12.7. The molecule has 0 spiro atoms. The topological polar surface area (TPSA) is 84.5 Å². The average molecular weight is 408 g/mol. The van der Waals surface area contributed by atoms with Gasteiger partial charge < -0.3 is 15.4 Å². The highest BCUT2D eigenvalue weighted by Gasteiger charge is 2.31. The fraction of sp³-hybridized carbons (Fsp3) is 0.250. The molecule has 0 fully saturated rings. The molecule has 0 aliphatic heterocycles. The molecule has 0 aromatic heterocycles. The lowest BCUT2D eigenvalue weighted by atomic mass is 10.1. The summed E-state index contributed by atoms with van der Waals surface area (Å²) in [5.41, 5.74) is 0.231. The molecular weight excluding hydrogens is 389 g/mol. The van der Waals surface area contributed by atoms with Crippen LogP contribution in [0.4, 0.5) is 18.9 Å². The van der Waals surface area contributed by atoms with Gasteiger partial charge in [-0.15, -0.1) is 0 Å². The summed E-state index contributed by atoms with van der Waals surface area (Å²) in [6, 6.07) is 10.9. The van der Waals surface area contributed by atoms with Gasteiger partial charge in [-0.05, 0) is 36.2 Å². The monoisotopic (exact) mass is 408 g/mol. The van der Waals surface area contributed by atoms with Gasteiger partial charge in [0.05, 0.1) is 17.7 Å². The SMILES string of the molecule is CCc1ccccc1NC(=O)CNC(=O)COC(=O)c1cccc(C(F)(F)F)c1. The first kappa shape index (κ1) is 21.9. The van der Waals surface area contributed by atoms with Crippen molar-refractivity contribution in [3.05, 3.63) is 65.2 Å². The Morgan fingerprint density at radius 2 is 1.72 bits per heavy atom. The Morgan fingerprint density at radius 3 is 2.41 bits per heavy atom. The third kappa shape index (κ3) is 6.63. The minimum atomic E-state index is -4.60. The number of aryl methyl sites for hydroxylation is 1. The van der Waals surface area contributed by atoms with Crippen LogP contribution in [0.5, 0.6) is 0 Å². The van der Waals surface area contributed by atoms with E-state index in [9.17, 15) is 27.6 Å². The highest BCUT2D eigenvalue weighted by atomic mass is 19.4. The standard InChI is InChI=1S/C20H19F3N2O4/c1-2-13-6-3-4-9-16(13)25-17(26)11-24-18(27)12-29-19(28)14-7-5-8-15(10-14)20(21,22)23/h3-10H,2,11-12H2,1H3,(H,24,27)(H,25,26). The summed E-state index contributed by atoms with van der Waals surface area (Å²) in [6.07, 6.45) is -3.88. The second kappa shape index (κ2) is 9.72. The number of hydrogen-bond donors (Lipinski definition) is 2. The molecule has 0 atom stereocenters. The smallest absolute Gasteiger partial charge is 0.416 e. The largest absolute Gasteiger partial charge is 0.452 e. The zero-order valence-electron chi connectivity index (χ0n) is 15.5. The van der Waals surface area contributed by atoms with Crippen molar-refractivity contribution >= 4 is 23.5 Å². The molecule has 0 heterocycles. The summed E-state index contributed by atoms with van der Waals surface area (Å²) in [5.74, 6) is -2.31. The van der Waals surface area contributed by atoms with E-state index in [-0.39, 0.29) is 12.1 Å². The Kier molecular flexibility index (Phi) is 7.35. The number of ether oxygens (including phenoxy) is 1. The molecule has 2 rings (SSSR count). The third-order valence-corrected chi connectivity index (χ3v) is 3.88. The average Bonchev–Trinajstić information content (AvgIpc) is 2.70. The first-order chi connectivity index (χ1) is 13.7. The van der Waals surface area contributed by atoms with Crippen molar-refractivity contribution in [1.82, 2.24) is 5.32 Å². The Hall–Kier alpha value is -3.36. The van der Waals surface area contributed by atoms with Crippen LogP contribution in [-0.4, -0.2) is 30.9 Å². The molecule has 29 heavy (non-hydrogen) atoms. The molecule has 6 nitrogen and oxygen atoms in total. The third-order valence-electron chi connectivity index (χ3n) is 3.88. The molecule has 0 saturated carbocycles. The summed E-state index contributed by atoms with van der Waals surface area (Å²) in [4.78, 5) is 35.5. The molecule has 0 saturated heterocycles. The molecule has 154 valence electrons. The number of nitrogens with one attached hydrogen (secondary N) is 2. The van der Waals surface area contributed by atoms with Crippen LogP contribution in [0.2, 0.25) is 0 Å². The number of carbonyl (C=O) groups is 3. The van der Waals surface area contributed by atoms with Gasteiger partial charge in [0.2, 0.25) is 5.91 Å². The molecular formula is C20H19F3N2O4. The summed E-state index contributed by atoms with van der Waals surface area (Å²) in [5, 5.41) is 4.93. The summed E-state index contributed by atoms with van der Waals surface area (Å²) in [7, 11) is 0. The van der Waals surface area contributed by atoms with Crippen molar-refractivity contribution in [2.45, 2.75) is 19.5 Å². The van der Waals surface area contributed by atoms with Gasteiger partial charge >= 0.3 is 12.1 Å². The number of para-hydroxylation sites is 1. The molecule has 2 amide bonds. The molecule has 2 aromatic carbocycles. The lowest BCUT2D eigenvalue weighted by Crippen LogP contribution is -2.35. The summed E-state index contributed by atoms with van der Waals surface area (Å²) in [6.45, 7) is 0.859. The van der Waals surface area contributed by atoms with Gasteiger partial charge in [0.15, 0.2) is 6.61 Å². The van der Waals surface area contributed by atoms with Crippen molar-refractivity contribution in [3.8, 4) is 0 Å². The van der Waals surface area contributed by atoms with Gasteiger partial charge in [-0.1, -0.05) is 31.2 Å². The van der Waals surface area contributed by atoms with Gasteiger partial charge in [-0.2, -0.15) is 13.2 Å². The zero-order chi connectivity index (χ0) is 21.4. The number of carbonyl (C=O) groups excluding carboxylic acids is 3. The zero-order valence-corrected chi connectivity index (χ0v) is 15.5. The number of alkyl halides is 3. The number of anilines is 1. The van der Waals surface area contributed by atoms with Gasteiger partial charge in [0.1, 0.15) is 0 Å². The fourth-order valence-electron chi connectivity index (χ4n) is 2.41. The number of rotatable bonds is 7. The Bertz CT molecular complexity index is 897. The first-order valence-electron chi connectivity index (χ1n) is 8.69. The molecule has 9 heteroatoms. The first-order valence-corrected chi connectivity index (χ1v) is 8.69. The van der Waals surface area contributed by atoms with E-state index >= 15 is 0 Å². The Balaban J connectivity index is 1.81. The highest BCUT2D eigenvalue weighted by Crippen LogP contribution is 2.29. The molecule has 0 unspecified atom stereocenters. The molecule has 0 aliphatic carbocycles. The van der Waals surface area contributed by atoms with Crippen LogP contribution in [-0.2, 0) is 26.9 Å². The van der Waals surface area contributed by atoms with Crippen LogP contribution in [0.15, 0.2) is 48.5 Å². The van der Waals surface area contributed by atoms with Gasteiger partial charge in [0, 0.05) is 5.69 Å². The number of benzene rings is 2. The van der Waals surface area contributed by atoms with E-state index in [1.807, 2.05) is 19.1 Å². The molecule has 0 radical (unpaired) electrons. The predicted molar refractivity (Wildman–Crippen MR) is 99.2 cm³/mol. The highest BCUT2D eigenvalue weighted by molar-refractivity contribution is 5.96. The van der Waals surface area contributed by atoms with E-state index in [1.165, 1.54) is 0 Å². The van der Waals surface area contributed by atoms with E-state index < -0.39 is 36.1 Å². The van der Waals surface area contributed by atoms with Crippen LogP contribution in [0, 0.1) is 0 Å². The van der Waals surface area contributed by atoms with E-state index in [0.29, 0.717) is 18.2 Å². The molecule has 2 aromatic rings. The van der Waals surface area contributed by atoms with Crippen molar-refractivity contribution in [3.63, 3.8) is 0 Å². The van der Waals surface area contributed by atoms with Gasteiger partial charge in [-0.3, -0.25) is 9.59 Å². The van der Waals surface area contributed by atoms with Crippen molar-refractivity contribution in [2.24, 2.45) is 0 Å². The quantitative estimate of drug-likeness (QED) is 0.690. The Morgan fingerprint density at radius 1 is 1.00 bits per heavy atom. The molecule has 0 aliphatic rings. The van der Waals surface area contributed by atoms with Crippen LogP contribution >= 0.6 is 0 Å². The van der Waals surface area contributed by atoms with Crippen molar-refractivity contribution < 1.29 is 32.3 Å². The maximum Gasteiger partial charge on any atom is 0.416 e. The van der Waals surface area contributed by atoms with E-state index in [1.54, 1.807) is 12.1 Å². The summed E-state index contributed by atoms with van der Waals surface area (Å²) < 4.78 is 42.7. The fourth-order valence-corrected chi connectivity index (χ4v) is 2.41. The van der Waals surface area contributed by atoms with Crippen molar-refractivity contribution in [1.29, 1.82) is 0 Å². The lowest BCUT2D eigenvalue weighted by Gasteiger charge is -2.11. The maximum atomic E-state index is 12.7. The molecule has 2 N–H and O–H groups in total. The normalized spacial score (nSPS) is 10.9. The Labute approximate surface area is 165 Å². The minimum absolute atomic E-state index is 0.332. The van der Waals surface area contributed by atoms with Crippen LogP contribution in [0.1, 0.15) is 28.4 Å².